The molecule has 0 saturated carbocycles. The standard InChI is InChI=1S/C24H24FN3O4/c1-16(2)26-22-6-4-5-13-28(22)24(30)17-7-12-20(21(14-17)31-3)32-15-23(29)27-19-10-8-18(25)9-11-19/h4-14,16H,15H2,1-3H3,(H,27,29). The molecule has 0 aliphatic carbocycles. The Hall–Kier alpha value is -3.94. The van der Waals surface area contributed by atoms with E-state index in [1.54, 1.807) is 36.5 Å². The minimum atomic E-state index is -0.418. The van der Waals surface area contributed by atoms with Gasteiger partial charge in [-0.2, -0.15) is 0 Å². The summed E-state index contributed by atoms with van der Waals surface area (Å²) in [6, 6.07) is 15.5. The molecule has 166 valence electrons. The van der Waals surface area contributed by atoms with Crippen LogP contribution in [0.3, 0.4) is 0 Å². The second kappa shape index (κ2) is 10.4. The fourth-order valence-electron chi connectivity index (χ4n) is 2.91. The van der Waals surface area contributed by atoms with E-state index in [9.17, 15) is 14.0 Å². The van der Waals surface area contributed by atoms with Crippen molar-refractivity contribution < 1.29 is 23.5 Å². The van der Waals surface area contributed by atoms with Gasteiger partial charge >= 0.3 is 0 Å². The predicted octanol–water partition coefficient (Wildman–Crippen LogP) is 3.65. The SMILES string of the molecule is COc1cc(C(=O)n2ccccc2=NC(C)C)ccc1OCC(=O)Nc1ccc(F)cc1. The van der Waals surface area contributed by atoms with Crippen molar-refractivity contribution in [3.8, 4) is 11.5 Å². The van der Waals surface area contributed by atoms with Crippen molar-refractivity contribution in [1.29, 1.82) is 0 Å². The Balaban J connectivity index is 1.74. The summed E-state index contributed by atoms with van der Waals surface area (Å²) in [7, 11) is 1.45. The largest absolute Gasteiger partial charge is 0.493 e. The van der Waals surface area contributed by atoms with Gasteiger partial charge in [-0.15, -0.1) is 0 Å². The molecule has 0 radical (unpaired) electrons. The molecule has 0 bridgehead atoms. The van der Waals surface area contributed by atoms with Crippen molar-refractivity contribution >= 4 is 17.5 Å². The third-order valence-corrected chi connectivity index (χ3v) is 4.34. The van der Waals surface area contributed by atoms with Crippen molar-refractivity contribution in [2.24, 2.45) is 4.99 Å². The zero-order chi connectivity index (χ0) is 23.1. The smallest absolute Gasteiger partial charge is 0.263 e. The molecule has 1 amide bonds. The number of hydrogen-bond acceptors (Lipinski definition) is 5. The molecule has 0 aliphatic heterocycles. The van der Waals surface area contributed by atoms with Gasteiger partial charge in [0.1, 0.15) is 11.3 Å². The van der Waals surface area contributed by atoms with Crippen LogP contribution in [0.25, 0.3) is 0 Å². The molecule has 8 heteroatoms. The van der Waals surface area contributed by atoms with Gasteiger partial charge in [0.25, 0.3) is 11.8 Å². The van der Waals surface area contributed by atoms with E-state index in [2.05, 4.69) is 10.3 Å². The van der Waals surface area contributed by atoms with Crippen LogP contribution < -0.4 is 20.3 Å². The van der Waals surface area contributed by atoms with Crippen molar-refractivity contribution in [2.75, 3.05) is 19.0 Å². The van der Waals surface area contributed by atoms with Gasteiger partial charge in [0, 0.05) is 23.5 Å². The second-order valence-electron chi connectivity index (χ2n) is 7.17. The van der Waals surface area contributed by atoms with Crippen LogP contribution in [-0.4, -0.2) is 36.1 Å². The first-order valence-electron chi connectivity index (χ1n) is 10.00. The molecular weight excluding hydrogens is 413 g/mol. The summed E-state index contributed by atoms with van der Waals surface area (Å²) in [5, 5.41) is 2.61. The van der Waals surface area contributed by atoms with Gasteiger partial charge in [-0.1, -0.05) is 6.07 Å². The highest BCUT2D eigenvalue weighted by Gasteiger charge is 2.14. The molecule has 3 rings (SSSR count). The van der Waals surface area contributed by atoms with E-state index in [1.807, 2.05) is 19.9 Å². The highest BCUT2D eigenvalue weighted by Crippen LogP contribution is 2.28. The number of carbonyl (C=O) groups excluding carboxylic acids is 2. The van der Waals surface area contributed by atoms with Crippen LogP contribution in [0, 0.1) is 5.82 Å². The molecule has 0 atom stereocenters. The normalized spacial score (nSPS) is 11.3. The van der Waals surface area contributed by atoms with Crippen molar-refractivity contribution in [3.05, 3.63) is 83.7 Å². The first kappa shape index (κ1) is 22.7. The Morgan fingerprint density at radius 1 is 1.06 bits per heavy atom. The number of amides is 1. The third kappa shape index (κ3) is 5.81. The van der Waals surface area contributed by atoms with Crippen molar-refractivity contribution in [1.82, 2.24) is 4.57 Å². The Morgan fingerprint density at radius 3 is 2.50 bits per heavy atom. The van der Waals surface area contributed by atoms with Crippen LogP contribution in [-0.2, 0) is 4.79 Å². The van der Waals surface area contributed by atoms with E-state index in [0.29, 0.717) is 28.2 Å². The minimum Gasteiger partial charge on any atom is -0.493 e. The number of ether oxygens (including phenoxy) is 2. The summed E-state index contributed by atoms with van der Waals surface area (Å²) in [6.45, 7) is 3.58. The summed E-state index contributed by atoms with van der Waals surface area (Å²) in [5.74, 6) is -0.465. The lowest BCUT2D eigenvalue weighted by atomic mass is 10.2. The molecule has 3 aromatic rings. The number of nitrogens with zero attached hydrogens (tertiary/aromatic N) is 2. The molecule has 0 aliphatic rings. The van der Waals surface area contributed by atoms with E-state index in [4.69, 9.17) is 9.47 Å². The number of halogens is 1. The van der Waals surface area contributed by atoms with E-state index in [0.717, 1.165) is 0 Å². The number of benzene rings is 2. The van der Waals surface area contributed by atoms with E-state index >= 15 is 0 Å². The predicted molar refractivity (Wildman–Crippen MR) is 118 cm³/mol. The van der Waals surface area contributed by atoms with Gasteiger partial charge in [-0.05, 0) is 68.4 Å². The molecule has 0 fully saturated rings. The Labute approximate surface area is 185 Å². The molecule has 0 unspecified atom stereocenters. The topological polar surface area (TPSA) is 81.9 Å². The first-order valence-corrected chi connectivity index (χ1v) is 10.00. The van der Waals surface area contributed by atoms with Gasteiger partial charge in [0.05, 0.1) is 7.11 Å². The summed E-state index contributed by atoms with van der Waals surface area (Å²) in [6.07, 6.45) is 1.65. The van der Waals surface area contributed by atoms with Crippen LogP contribution in [0.4, 0.5) is 10.1 Å². The molecular formula is C24H24FN3O4. The maximum Gasteiger partial charge on any atom is 0.263 e. The molecule has 2 aromatic carbocycles. The average Bonchev–Trinajstić information content (AvgIpc) is 2.78. The Morgan fingerprint density at radius 2 is 1.81 bits per heavy atom. The second-order valence-corrected chi connectivity index (χ2v) is 7.17. The fourth-order valence-corrected chi connectivity index (χ4v) is 2.91. The lowest BCUT2D eigenvalue weighted by molar-refractivity contribution is -0.118. The molecule has 1 N–H and O–H groups in total. The number of nitrogens with one attached hydrogen (secondary N) is 1. The minimum absolute atomic E-state index is 0.0304. The van der Waals surface area contributed by atoms with Crippen LogP contribution in [0.1, 0.15) is 24.2 Å². The highest BCUT2D eigenvalue weighted by molar-refractivity contribution is 5.96. The third-order valence-electron chi connectivity index (χ3n) is 4.34. The first-order chi connectivity index (χ1) is 15.4. The highest BCUT2D eigenvalue weighted by atomic mass is 19.1. The molecule has 1 aromatic heterocycles. The maximum atomic E-state index is 13.0. The van der Waals surface area contributed by atoms with Crippen molar-refractivity contribution in [3.63, 3.8) is 0 Å². The number of hydrogen-bond donors (Lipinski definition) is 1. The molecule has 1 heterocycles. The van der Waals surface area contributed by atoms with Gasteiger partial charge in [-0.25, -0.2) is 4.39 Å². The summed E-state index contributed by atoms with van der Waals surface area (Å²) in [4.78, 5) is 29.6. The van der Waals surface area contributed by atoms with Crippen LogP contribution >= 0.6 is 0 Å². The van der Waals surface area contributed by atoms with E-state index in [-0.39, 0.29) is 18.6 Å². The maximum absolute atomic E-state index is 13.0. The number of pyridine rings is 1. The zero-order valence-corrected chi connectivity index (χ0v) is 18.0. The molecule has 32 heavy (non-hydrogen) atoms. The molecule has 7 nitrogen and oxygen atoms in total. The van der Waals surface area contributed by atoms with Crippen LogP contribution in [0.2, 0.25) is 0 Å². The molecule has 0 spiro atoms. The van der Waals surface area contributed by atoms with E-state index < -0.39 is 11.7 Å². The number of carbonyl (C=O) groups is 2. The quantitative estimate of drug-likeness (QED) is 0.612. The lowest BCUT2D eigenvalue weighted by Gasteiger charge is -2.13. The summed E-state index contributed by atoms with van der Waals surface area (Å²) >= 11 is 0. The molecule has 0 saturated heterocycles. The fraction of sp³-hybridized carbons (Fsp3) is 0.208. The van der Waals surface area contributed by atoms with Gasteiger partial charge < -0.3 is 14.8 Å². The number of rotatable bonds is 7. The average molecular weight is 437 g/mol. The number of aromatic nitrogens is 1. The van der Waals surface area contributed by atoms with Crippen molar-refractivity contribution in [2.45, 2.75) is 19.9 Å². The monoisotopic (exact) mass is 437 g/mol. The number of anilines is 1. The van der Waals surface area contributed by atoms with Crippen LogP contribution in [0.15, 0.2) is 71.9 Å². The van der Waals surface area contributed by atoms with Gasteiger partial charge in [0.15, 0.2) is 18.1 Å². The van der Waals surface area contributed by atoms with Gasteiger partial charge in [0.2, 0.25) is 0 Å². The van der Waals surface area contributed by atoms with E-state index in [1.165, 1.54) is 35.9 Å². The van der Waals surface area contributed by atoms with Gasteiger partial charge in [-0.3, -0.25) is 19.1 Å². The Bertz CT molecular complexity index is 1170. The number of methoxy groups -OCH3 is 1. The Kier molecular flexibility index (Phi) is 7.38. The lowest BCUT2D eigenvalue weighted by Crippen LogP contribution is -2.28. The zero-order valence-electron chi connectivity index (χ0n) is 18.0. The summed E-state index contributed by atoms with van der Waals surface area (Å²) in [5.41, 5.74) is 1.38. The summed E-state index contributed by atoms with van der Waals surface area (Å²) < 4.78 is 25.3. The van der Waals surface area contributed by atoms with Crippen LogP contribution in [0.5, 0.6) is 11.5 Å².